The summed E-state index contributed by atoms with van der Waals surface area (Å²) in [6.45, 7) is 1.44. The summed E-state index contributed by atoms with van der Waals surface area (Å²) in [5, 5.41) is 6.83. The Morgan fingerprint density at radius 2 is 1.41 bits per heavy atom. The molecule has 222 valence electrons. The third-order valence-electron chi connectivity index (χ3n) is 7.53. The van der Waals surface area contributed by atoms with Gasteiger partial charge in [-0.15, -0.1) is 0 Å². The van der Waals surface area contributed by atoms with Crippen LogP contribution in [0.25, 0.3) is 23.1 Å². The van der Waals surface area contributed by atoms with E-state index in [-0.39, 0.29) is 17.7 Å². The Bertz CT molecular complexity index is 1880. The zero-order valence-corrected chi connectivity index (χ0v) is 25.3. The highest BCUT2D eigenvalue weighted by Crippen LogP contribution is 2.21. The second-order valence-electron chi connectivity index (χ2n) is 10.7. The number of aryl methyl sites for hydroxylation is 2. The molecule has 10 heteroatoms. The van der Waals surface area contributed by atoms with E-state index in [0.717, 1.165) is 46.6 Å². The SMILES string of the molecule is Cn1cc(NC(=O)c2ccc(/C=C/c3cnc4ccccc4c3)cc2)cc1C(=O)Nc1cc(C(=O)N2CCSCC2)n(C)c1. The van der Waals surface area contributed by atoms with Gasteiger partial charge in [0, 0.05) is 68.2 Å². The molecule has 44 heavy (non-hydrogen) atoms. The molecule has 0 aliphatic carbocycles. The van der Waals surface area contributed by atoms with Gasteiger partial charge in [-0.1, -0.05) is 42.5 Å². The predicted molar refractivity (Wildman–Crippen MR) is 177 cm³/mol. The van der Waals surface area contributed by atoms with E-state index in [0.29, 0.717) is 28.3 Å². The van der Waals surface area contributed by atoms with Gasteiger partial charge in [0.05, 0.1) is 16.9 Å². The minimum Gasteiger partial charge on any atom is -0.344 e. The Morgan fingerprint density at radius 1 is 0.773 bits per heavy atom. The molecule has 1 fully saturated rings. The lowest BCUT2D eigenvalue weighted by Crippen LogP contribution is -2.38. The second-order valence-corrected chi connectivity index (χ2v) is 11.9. The third kappa shape index (κ3) is 6.45. The first kappa shape index (κ1) is 29.0. The van der Waals surface area contributed by atoms with Gasteiger partial charge in [-0.25, -0.2) is 0 Å². The number of rotatable bonds is 7. The first-order chi connectivity index (χ1) is 21.3. The number of carbonyl (C=O) groups is 3. The number of para-hydroxylation sites is 1. The van der Waals surface area contributed by atoms with Gasteiger partial charge in [0.1, 0.15) is 11.4 Å². The molecule has 1 aliphatic heterocycles. The van der Waals surface area contributed by atoms with Crippen LogP contribution in [0.4, 0.5) is 11.4 Å². The number of anilines is 2. The normalized spacial score (nSPS) is 13.4. The van der Waals surface area contributed by atoms with Crippen LogP contribution in [-0.4, -0.2) is 61.3 Å². The van der Waals surface area contributed by atoms with Gasteiger partial charge in [0.15, 0.2) is 0 Å². The van der Waals surface area contributed by atoms with Gasteiger partial charge in [-0.2, -0.15) is 11.8 Å². The van der Waals surface area contributed by atoms with Crippen LogP contribution in [0.5, 0.6) is 0 Å². The van der Waals surface area contributed by atoms with Crippen molar-refractivity contribution in [2.45, 2.75) is 0 Å². The molecule has 2 N–H and O–H groups in total. The Hall–Kier alpha value is -5.09. The third-order valence-corrected chi connectivity index (χ3v) is 8.47. The average Bonchev–Trinajstić information content (AvgIpc) is 3.60. The highest BCUT2D eigenvalue weighted by molar-refractivity contribution is 7.99. The molecule has 2 aromatic carbocycles. The highest BCUT2D eigenvalue weighted by atomic mass is 32.2. The smallest absolute Gasteiger partial charge is 0.272 e. The molecule has 0 unspecified atom stereocenters. The summed E-state index contributed by atoms with van der Waals surface area (Å²) >= 11 is 1.84. The summed E-state index contributed by atoms with van der Waals surface area (Å²) in [5.41, 5.74) is 5.33. The molecule has 1 aliphatic rings. The topological polar surface area (TPSA) is 101 Å². The van der Waals surface area contributed by atoms with Crippen LogP contribution in [0.15, 0.2) is 85.3 Å². The van der Waals surface area contributed by atoms with Crippen LogP contribution in [-0.2, 0) is 14.1 Å². The number of fused-ring (bicyclic) bond motifs is 1. The Labute approximate surface area is 259 Å². The van der Waals surface area contributed by atoms with Crippen LogP contribution in [0.3, 0.4) is 0 Å². The van der Waals surface area contributed by atoms with Crippen molar-refractivity contribution in [3.63, 3.8) is 0 Å². The number of pyridine rings is 1. The number of nitrogens with one attached hydrogen (secondary N) is 2. The summed E-state index contributed by atoms with van der Waals surface area (Å²) in [5.74, 6) is 1.20. The molecule has 0 spiro atoms. The van der Waals surface area contributed by atoms with Crippen molar-refractivity contribution in [1.29, 1.82) is 0 Å². The monoisotopic (exact) mass is 604 g/mol. The van der Waals surface area contributed by atoms with Crippen LogP contribution in [0, 0.1) is 0 Å². The van der Waals surface area contributed by atoms with Crippen LogP contribution < -0.4 is 10.6 Å². The number of amides is 3. The Morgan fingerprint density at radius 3 is 2.16 bits per heavy atom. The van der Waals surface area contributed by atoms with Gasteiger partial charge >= 0.3 is 0 Å². The molecular weight excluding hydrogens is 572 g/mol. The molecule has 3 amide bonds. The Kier molecular flexibility index (Phi) is 8.33. The lowest BCUT2D eigenvalue weighted by molar-refractivity contribution is 0.0762. The van der Waals surface area contributed by atoms with E-state index in [1.807, 2.05) is 71.4 Å². The number of hydrogen-bond acceptors (Lipinski definition) is 5. The fourth-order valence-electron chi connectivity index (χ4n) is 5.15. The van der Waals surface area contributed by atoms with E-state index in [2.05, 4.69) is 21.7 Å². The van der Waals surface area contributed by atoms with E-state index in [1.165, 1.54) is 0 Å². The van der Waals surface area contributed by atoms with Crippen LogP contribution >= 0.6 is 11.8 Å². The fourth-order valence-corrected chi connectivity index (χ4v) is 6.05. The zero-order valence-electron chi connectivity index (χ0n) is 24.5. The Balaban J connectivity index is 1.07. The molecule has 0 bridgehead atoms. The maximum absolute atomic E-state index is 13.1. The molecular formula is C34H32N6O3S. The van der Waals surface area contributed by atoms with Crippen molar-refractivity contribution < 1.29 is 14.4 Å². The van der Waals surface area contributed by atoms with Crippen LogP contribution in [0.2, 0.25) is 0 Å². The number of nitrogens with zero attached hydrogens (tertiary/aromatic N) is 4. The van der Waals surface area contributed by atoms with E-state index in [4.69, 9.17) is 0 Å². The molecule has 0 atom stereocenters. The van der Waals surface area contributed by atoms with Gasteiger partial charge in [0.2, 0.25) is 0 Å². The largest absolute Gasteiger partial charge is 0.344 e. The average molecular weight is 605 g/mol. The first-order valence-electron chi connectivity index (χ1n) is 14.3. The fraction of sp³-hybridized carbons (Fsp3) is 0.176. The maximum atomic E-state index is 13.1. The quantitative estimate of drug-likeness (QED) is 0.246. The van der Waals surface area contributed by atoms with Gasteiger partial charge in [-0.05, 0) is 47.5 Å². The summed E-state index contributed by atoms with van der Waals surface area (Å²) < 4.78 is 3.39. The summed E-state index contributed by atoms with van der Waals surface area (Å²) in [7, 11) is 3.54. The maximum Gasteiger partial charge on any atom is 0.272 e. The molecule has 5 aromatic rings. The number of hydrogen-bond donors (Lipinski definition) is 2. The molecule has 6 rings (SSSR count). The first-order valence-corrected chi connectivity index (χ1v) is 15.4. The van der Waals surface area contributed by atoms with E-state index in [9.17, 15) is 14.4 Å². The number of carbonyl (C=O) groups excluding carboxylic acids is 3. The summed E-state index contributed by atoms with van der Waals surface area (Å²) in [6.07, 6.45) is 9.23. The van der Waals surface area contributed by atoms with Gasteiger partial charge < -0.3 is 24.7 Å². The summed E-state index contributed by atoms with van der Waals surface area (Å²) in [4.78, 5) is 45.3. The second kappa shape index (κ2) is 12.6. The number of benzene rings is 2. The predicted octanol–water partition coefficient (Wildman–Crippen LogP) is 5.78. The molecule has 3 aromatic heterocycles. The zero-order chi connectivity index (χ0) is 30.6. The highest BCUT2D eigenvalue weighted by Gasteiger charge is 2.22. The van der Waals surface area contributed by atoms with E-state index in [1.54, 1.807) is 59.9 Å². The molecule has 9 nitrogen and oxygen atoms in total. The van der Waals surface area contributed by atoms with Crippen molar-refractivity contribution in [1.82, 2.24) is 19.0 Å². The standard InChI is InChI=1S/C34H32N6O3S/c1-38-21-27(18-30(38)33(42)37-28-19-31(39(2)22-28)34(43)40-13-15-44-16-14-40)36-32(41)25-11-9-23(10-12-25)7-8-24-17-26-5-3-4-6-29(26)35-20-24/h3-12,17-22H,13-16H2,1-2H3,(H,36,41)(H,37,42)/b8-7+. The minimum atomic E-state index is -0.343. The number of aromatic nitrogens is 3. The van der Waals surface area contributed by atoms with Crippen molar-refractivity contribution in [3.8, 4) is 0 Å². The van der Waals surface area contributed by atoms with Crippen molar-refractivity contribution in [3.05, 3.63) is 113 Å². The summed E-state index contributed by atoms with van der Waals surface area (Å²) in [6, 6.07) is 20.7. The minimum absolute atomic E-state index is 0.0385. The van der Waals surface area contributed by atoms with Gasteiger partial charge in [-0.3, -0.25) is 19.4 Å². The van der Waals surface area contributed by atoms with E-state index >= 15 is 0 Å². The lowest BCUT2D eigenvalue weighted by atomic mass is 10.1. The van der Waals surface area contributed by atoms with Gasteiger partial charge in [0.25, 0.3) is 17.7 Å². The van der Waals surface area contributed by atoms with Crippen molar-refractivity contribution in [2.24, 2.45) is 14.1 Å². The molecule has 4 heterocycles. The van der Waals surface area contributed by atoms with Crippen molar-refractivity contribution in [2.75, 3.05) is 35.2 Å². The van der Waals surface area contributed by atoms with E-state index < -0.39 is 0 Å². The molecule has 1 saturated heterocycles. The molecule has 0 saturated carbocycles. The molecule has 0 radical (unpaired) electrons. The lowest BCUT2D eigenvalue weighted by Gasteiger charge is -2.26. The van der Waals surface area contributed by atoms with Crippen molar-refractivity contribution >= 4 is 63.9 Å². The van der Waals surface area contributed by atoms with Crippen LogP contribution in [0.1, 0.15) is 42.5 Å². The number of thioether (sulfide) groups is 1.